The maximum Gasteiger partial charge on any atom is 0.222 e. The van der Waals surface area contributed by atoms with Crippen molar-refractivity contribution in [3.63, 3.8) is 0 Å². The lowest BCUT2D eigenvalue weighted by atomic mass is 9.97. The molecule has 0 spiro atoms. The molecule has 5 nitrogen and oxygen atoms in total. The van der Waals surface area contributed by atoms with Gasteiger partial charge >= 0.3 is 0 Å². The highest BCUT2D eigenvalue weighted by molar-refractivity contribution is 7.91. The molecule has 0 aromatic rings. The molecule has 2 aliphatic rings. The van der Waals surface area contributed by atoms with Crippen LogP contribution in [0.15, 0.2) is 0 Å². The molecule has 2 fully saturated rings. The van der Waals surface area contributed by atoms with E-state index in [1.54, 1.807) is 0 Å². The van der Waals surface area contributed by atoms with E-state index in [-0.39, 0.29) is 23.3 Å². The molecule has 0 aromatic heterocycles. The molecule has 2 heterocycles. The van der Waals surface area contributed by atoms with E-state index < -0.39 is 9.84 Å². The third-order valence-electron chi connectivity index (χ3n) is 4.00. The Balaban J connectivity index is 1.84. The molecule has 2 atom stereocenters. The monoisotopic (exact) mass is 274 g/mol. The van der Waals surface area contributed by atoms with Crippen LogP contribution in [0.2, 0.25) is 0 Å². The zero-order valence-corrected chi connectivity index (χ0v) is 11.5. The van der Waals surface area contributed by atoms with Crippen LogP contribution in [0.3, 0.4) is 0 Å². The molecule has 0 bridgehead atoms. The van der Waals surface area contributed by atoms with Crippen LogP contribution in [-0.4, -0.2) is 50.4 Å². The standard InChI is InChI=1S/C12H22N2O3S/c13-7-11-2-1-4-14(8-11)12(15)6-10-3-5-18(16,17)9-10/h10-11H,1-9,13H2. The van der Waals surface area contributed by atoms with Crippen molar-refractivity contribution in [1.82, 2.24) is 4.90 Å². The molecule has 1 amide bonds. The first kappa shape index (κ1) is 13.8. The molecule has 0 saturated carbocycles. The first-order valence-corrected chi connectivity index (χ1v) is 8.50. The molecule has 0 aliphatic carbocycles. The van der Waals surface area contributed by atoms with Gasteiger partial charge in [-0.25, -0.2) is 8.42 Å². The number of carbonyl (C=O) groups excluding carboxylic acids is 1. The quantitative estimate of drug-likeness (QED) is 0.786. The van der Waals surface area contributed by atoms with Gasteiger partial charge in [0, 0.05) is 19.5 Å². The van der Waals surface area contributed by atoms with Crippen LogP contribution < -0.4 is 5.73 Å². The molecular formula is C12H22N2O3S. The van der Waals surface area contributed by atoms with Gasteiger partial charge in [0.15, 0.2) is 9.84 Å². The van der Waals surface area contributed by atoms with Gasteiger partial charge in [0.25, 0.3) is 0 Å². The van der Waals surface area contributed by atoms with E-state index in [9.17, 15) is 13.2 Å². The van der Waals surface area contributed by atoms with E-state index >= 15 is 0 Å². The van der Waals surface area contributed by atoms with E-state index in [0.29, 0.717) is 25.3 Å². The Kier molecular flexibility index (Phi) is 4.27. The number of sulfone groups is 1. The van der Waals surface area contributed by atoms with E-state index in [2.05, 4.69) is 0 Å². The number of amides is 1. The van der Waals surface area contributed by atoms with Crippen LogP contribution in [0.4, 0.5) is 0 Å². The van der Waals surface area contributed by atoms with Crippen LogP contribution in [0.1, 0.15) is 25.7 Å². The second-order valence-electron chi connectivity index (χ2n) is 5.56. The number of hydrogen-bond donors (Lipinski definition) is 1. The summed E-state index contributed by atoms with van der Waals surface area (Å²) in [6.07, 6.45) is 3.13. The van der Waals surface area contributed by atoms with Crippen molar-refractivity contribution in [3.05, 3.63) is 0 Å². The van der Waals surface area contributed by atoms with Gasteiger partial charge in [-0.15, -0.1) is 0 Å². The molecule has 2 N–H and O–H groups in total. The Morgan fingerprint density at radius 2 is 2.06 bits per heavy atom. The van der Waals surface area contributed by atoms with Crippen molar-refractivity contribution in [3.8, 4) is 0 Å². The normalized spacial score (nSPS) is 31.5. The summed E-state index contributed by atoms with van der Waals surface area (Å²) in [5.41, 5.74) is 5.65. The summed E-state index contributed by atoms with van der Waals surface area (Å²) in [7, 11) is -2.88. The van der Waals surface area contributed by atoms with Crippen molar-refractivity contribution in [2.24, 2.45) is 17.6 Å². The Morgan fingerprint density at radius 1 is 1.28 bits per heavy atom. The molecule has 18 heavy (non-hydrogen) atoms. The maximum absolute atomic E-state index is 12.1. The Bertz CT molecular complexity index is 408. The fourth-order valence-corrected chi connectivity index (χ4v) is 4.75. The first-order chi connectivity index (χ1) is 8.50. The molecular weight excluding hydrogens is 252 g/mol. The molecule has 2 aliphatic heterocycles. The van der Waals surface area contributed by atoms with Crippen LogP contribution in [0, 0.1) is 11.8 Å². The van der Waals surface area contributed by atoms with E-state index in [1.165, 1.54) is 0 Å². The van der Waals surface area contributed by atoms with Gasteiger partial charge in [0.2, 0.25) is 5.91 Å². The zero-order chi connectivity index (χ0) is 13.2. The van der Waals surface area contributed by atoms with Crippen LogP contribution in [0.25, 0.3) is 0 Å². The first-order valence-electron chi connectivity index (χ1n) is 6.68. The number of rotatable bonds is 3. The van der Waals surface area contributed by atoms with Gasteiger partial charge in [-0.05, 0) is 37.6 Å². The van der Waals surface area contributed by atoms with Gasteiger partial charge in [0.1, 0.15) is 0 Å². The lowest BCUT2D eigenvalue weighted by Gasteiger charge is -2.32. The second kappa shape index (κ2) is 5.57. The maximum atomic E-state index is 12.1. The Labute approximate surface area is 109 Å². The lowest BCUT2D eigenvalue weighted by Crippen LogP contribution is -2.42. The van der Waals surface area contributed by atoms with Crippen molar-refractivity contribution in [2.75, 3.05) is 31.1 Å². The summed E-state index contributed by atoms with van der Waals surface area (Å²) in [6.45, 7) is 2.17. The molecule has 0 aromatic carbocycles. The average molecular weight is 274 g/mol. The number of hydrogen-bond acceptors (Lipinski definition) is 4. The van der Waals surface area contributed by atoms with Crippen molar-refractivity contribution in [2.45, 2.75) is 25.7 Å². The third kappa shape index (κ3) is 3.45. The highest BCUT2D eigenvalue weighted by Gasteiger charge is 2.31. The summed E-state index contributed by atoms with van der Waals surface area (Å²) in [4.78, 5) is 14.0. The van der Waals surface area contributed by atoms with Gasteiger partial charge in [-0.3, -0.25) is 4.79 Å². The molecule has 2 rings (SSSR count). The van der Waals surface area contributed by atoms with Gasteiger partial charge < -0.3 is 10.6 Å². The summed E-state index contributed by atoms with van der Waals surface area (Å²) in [5.74, 6) is 0.981. The topological polar surface area (TPSA) is 80.5 Å². The van der Waals surface area contributed by atoms with Crippen molar-refractivity contribution < 1.29 is 13.2 Å². The predicted molar refractivity (Wildman–Crippen MR) is 69.7 cm³/mol. The van der Waals surface area contributed by atoms with Crippen LogP contribution in [-0.2, 0) is 14.6 Å². The highest BCUT2D eigenvalue weighted by Crippen LogP contribution is 2.24. The largest absolute Gasteiger partial charge is 0.342 e. The number of carbonyl (C=O) groups is 1. The minimum absolute atomic E-state index is 0.0285. The smallest absolute Gasteiger partial charge is 0.222 e. The van der Waals surface area contributed by atoms with Crippen LogP contribution in [0.5, 0.6) is 0 Å². The van der Waals surface area contributed by atoms with Crippen LogP contribution >= 0.6 is 0 Å². The fourth-order valence-electron chi connectivity index (χ4n) is 2.89. The number of nitrogens with zero attached hydrogens (tertiary/aromatic N) is 1. The van der Waals surface area contributed by atoms with Crippen molar-refractivity contribution >= 4 is 15.7 Å². The molecule has 6 heteroatoms. The van der Waals surface area contributed by atoms with E-state index in [4.69, 9.17) is 5.73 Å². The highest BCUT2D eigenvalue weighted by atomic mass is 32.2. The summed E-state index contributed by atoms with van der Waals surface area (Å²) in [6, 6.07) is 0. The molecule has 2 unspecified atom stereocenters. The molecule has 104 valence electrons. The fraction of sp³-hybridized carbons (Fsp3) is 0.917. The van der Waals surface area contributed by atoms with Crippen molar-refractivity contribution in [1.29, 1.82) is 0 Å². The zero-order valence-electron chi connectivity index (χ0n) is 10.7. The SMILES string of the molecule is NCC1CCCN(C(=O)CC2CCS(=O)(=O)C2)C1. The van der Waals surface area contributed by atoms with Gasteiger partial charge in [0.05, 0.1) is 11.5 Å². The lowest BCUT2D eigenvalue weighted by molar-refractivity contribution is -0.133. The van der Waals surface area contributed by atoms with Gasteiger partial charge in [-0.2, -0.15) is 0 Å². The summed E-state index contributed by atoms with van der Waals surface area (Å²) in [5, 5.41) is 0. The Morgan fingerprint density at radius 3 is 2.67 bits per heavy atom. The minimum atomic E-state index is -2.88. The number of nitrogens with two attached hydrogens (primary N) is 1. The summed E-state index contributed by atoms with van der Waals surface area (Å²) < 4.78 is 22.7. The van der Waals surface area contributed by atoms with Gasteiger partial charge in [-0.1, -0.05) is 0 Å². The van der Waals surface area contributed by atoms with E-state index in [0.717, 1.165) is 25.9 Å². The molecule has 2 saturated heterocycles. The van der Waals surface area contributed by atoms with E-state index in [1.807, 2.05) is 4.90 Å². The average Bonchev–Trinajstić information content (AvgIpc) is 2.68. The summed E-state index contributed by atoms with van der Waals surface area (Å²) >= 11 is 0. The predicted octanol–water partition coefficient (Wildman–Crippen LogP) is 0.00850. The second-order valence-corrected chi connectivity index (χ2v) is 7.79. The minimum Gasteiger partial charge on any atom is -0.342 e. The number of likely N-dealkylation sites (tertiary alicyclic amines) is 1. The third-order valence-corrected chi connectivity index (χ3v) is 5.83. The molecule has 0 radical (unpaired) electrons. The Hall–Kier alpha value is -0.620. The number of piperidine rings is 1.